The van der Waals surface area contributed by atoms with Gasteiger partial charge in [-0.25, -0.2) is 0 Å². The van der Waals surface area contributed by atoms with E-state index < -0.39 is 5.97 Å². The Hall–Kier alpha value is -2.27. The van der Waals surface area contributed by atoms with Gasteiger partial charge in [0.25, 0.3) is 0 Å². The van der Waals surface area contributed by atoms with Gasteiger partial charge in [0, 0.05) is 37.9 Å². The minimum absolute atomic E-state index is 0.185. The molecule has 2 aliphatic heterocycles. The second-order valence-electron chi connectivity index (χ2n) is 8.06. The third-order valence-electron chi connectivity index (χ3n) is 5.94. The molecular formula is C24H31NO4. The molecule has 4 atom stereocenters. The number of benzene rings is 1. The molecule has 2 saturated heterocycles. The highest BCUT2D eigenvalue weighted by molar-refractivity contribution is 5.92. The Labute approximate surface area is 172 Å². The number of fused-ring (bicyclic) bond motifs is 2. The van der Waals surface area contributed by atoms with E-state index in [1.54, 1.807) is 6.21 Å². The van der Waals surface area contributed by atoms with Gasteiger partial charge in [-0.3, -0.25) is 14.6 Å². The largest absolute Gasteiger partial charge is 0.481 e. The number of carboxylic acids is 1. The van der Waals surface area contributed by atoms with Gasteiger partial charge in [0.1, 0.15) is 5.78 Å². The van der Waals surface area contributed by atoms with Gasteiger partial charge in [-0.15, -0.1) is 0 Å². The molecule has 5 heteroatoms. The van der Waals surface area contributed by atoms with Gasteiger partial charge in [0.2, 0.25) is 0 Å². The first kappa shape index (κ1) is 21.4. The van der Waals surface area contributed by atoms with E-state index in [4.69, 9.17) is 9.84 Å². The van der Waals surface area contributed by atoms with Crippen molar-refractivity contribution >= 4 is 18.0 Å². The first-order valence-electron chi connectivity index (χ1n) is 10.7. The van der Waals surface area contributed by atoms with E-state index in [-0.39, 0.29) is 12.2 Å². The van der Waals surface area contributed by atoms with Crippen LogP contribution < -0.4 is 0 Å². The molecule has 29 heavy (non-hydrogen) atoms. The second kappa shape index (κ2) is 11.1. The number of aliphatic carboxylic acids is 1. The topological polar surface area (TPSA) is 76.0 Å². The first-order chi connectivity index (χ1) is 14.1. The first-order valence-corrected chi connectivity index (χ1v) is 10.7. The number of hydrogen-bond donors (Lipinski definition) is 1. The summed E-state index contributed by atoms with van der Waals surface area (Å²) in [4.78, 5) is 27.2. The van der Waals surface area contributed by atoms with Gasteiger partial charge in [-0.1, -0.05) is 42.5 Å². The molecule has 1 aromatic rings. The molecule has 1 aromatic carbocycles. The number of nitrogens with zero attached hydrogens (tertiary/aromatic N) is 1. The van der Waals surface area contributed by atoms with Gasteiger partial charge < -0.3 is 9.84 Å². The number of ether oxygens (including phenoxy) is 1. The summed E-state index contributed by atoms with van der Waals surface area (Å²) in [6.07, 6.45) is 12.4. The molecule has 0 spiro atoms. The Kier molecular flexibility index (Phi) is 8.17. The molecule has 5 nitrogen and oxygen atoms in total. The molecule has 0 aromatic heterocycles. The minimum Gasteiger partial charge on any atom is -0.481 e. The van der Waals surface area contributed by atoms with Crippen LogP contribution in [0, 0.1) is 11.8 Å². The fraction of sp³-hybridized carbons (Fsp3) is 0.542. The smallest absolute Gasteiger partial charge is 0.303 e. The van der Waals surface area contributed by atoms with Crippen molar-refractivity contribution in [1.29, 1.82) is 0 Å². The molecule has 0 unspecified atom stereocenters. The molecule has 2 aliphatic rings. The zero-order chi connectivity index (χ0) is 20.5. The lowest BCUT2D eigenvalue weighted by Gasteiger charge is -2.25. The molecule has 1 N–H and O–H groups in total. The van der Waals surface area contributed by atoms with Crippen LogP contribution >= 0.6 is 0 Å². The van der Waals surface area contributed by atoms with Crippen LogP contribution in [-0.4, -0.2) is 41.8 Å². The predicted molar refractivity (Wildman–Crippen MR) is 113 cm³/mol. The Morgan fingerprint density at radius 3 is 2.62 bits per heavy atom. The number of aliphatic imine (C=N–C) groups is 1. The van der Waals surface area contributed by atoms with Crippen molar-refractivity contribution in [3.8, 4) is 0 Å². The normalized spacial score (nSPS) is 25.9. The average molecular weight is 398 g/mol. The quantitative estimate of drug-likeness (QED) is 0.325. The lowest BCUT2D eigenvalue weighted by atomic mass is 9.77. The van der Waals surface area contributed by atoms with Crippen LogP contribution in [-0.2, 0) is 20.7 Å². The van der Waals surface area contributed by atoms with E-state index in [1.807, 2.05) is 30.3 Å². The summed E-state index contributed by atoms with van der Waals surface area (Å²) in [6, 6.07) is 9.80. The molecule has 2 bridgehead atoms. The summed E-state index contributed by atoms with van der Waals surface area (Å²) in [5.41, 5.74) is 1.04. The van der Waals surface area contributed by atoms with E-state index in [0.29, 0.717) is 43.3 Å². The molecule has 0 amide bonds. The van der Waals surface area contributed by atoms with Crippen molar-refractivity contribution < 1.29 is 19.4 Å². The summed E-state index contributed by atoms with van der Waals surface area (Å²) >= 11 is 0. The standard InChI is InChI=1S/C24H31NO4/c26-19(16-18-8-4-3-5-9-18)14-15-25-17-21-20(22-12-13-23(21)29-22)10-6-1-2-7-11-24(27)28/h1,3-6,8-9,15,20-23H,2,7,10-14,16-17H2,(H,27,28)/t20-,21+,22-,23+/m0/s1. The number of carboxylic acid groups (broad SMARTS) is 1. The van der Waals surface area contributed by atoms with E-state index in [9.17, 15) is 9.59 Å². The van der Waals surface area contributed by atoms with Crippen molar-refractivity contribution in [2.45, 2.75) is 63.6 Å². The molecule has 0 aliphatic carbocycles. The molecule has 3 rings (SSSR count). The zero-order valence-corrected chi connectivity index (χ0v) is 16.9. The van der Waals surface area contributed by atoms with Crippen LogP contribution in [0.2, 0.25) is 0 Å². The number of rotatable bonds is 12. The number of carbonyl (C=O) groups excluding carboxylic acids is 1. The number of carbonyl (C=O) groups is 2. The highest BCUT2D eigenvalue weighted by Gasteiger charge is 2.47. The number of allylic oxidation sites excluding steroid dienone is 2. The van der Waals surface area contributed by atoms with Gasteiger partial charge in [-0.2, -0.15) is 0 Å². The molecule has 156 valence electrons. The Morgan fingerprint density at radius 2 is 1.86 bits per heavy atom. The molecule has 0 radical (unpaired) electrons. The maximum atomic E-state index is 12.1. The number of ketones is 1. The molecule has 2 heterocycles. The van der Waals surface area contributed by atoms with Crippen LogP contribution in [0.3, 0.4) is 0 Å². The van der Waals surface area contributed by atoms with E-state index in [1.165, 1.54) is 0 Å². The van der Waals surface area contributed by atoms with Crippen LogP contribution in [0.15, 0.2) is 47.5 Å². The van der Waals surface area contributed by atoms with Crippen LogP contribution in [0.4, 0.5) is 0 Å². The maximum Gasteiger partial charge on any atom is 0.303 e. The SMILES string of the molecule is O=C(O)CCCC=CC[C@H]1[C@@H](CN=CCC(=O)Cc2ccccc2)[C@H]2CC[C@@H]1O2. The average Bonchev–Trinajstić information content (AvgIpc) is 3.30. The van der Waals surface area contributed by atoms with Gasteiger partial charge in [0.05, 0.1) is 12.2 Å². The van der Waals surface area contributed by atoms with Crippen LogP contribution in [0.5, 0.6) is 0 Å². The second-order valence-corrected chi connectivity index (χ2v) is 8.06. The predicted octanol–water partition coefficient (Wildman–Crippen LogP) is 4.25. The van der Waals surface area contributed by atoms with Crippen molar-refractivity contribution in [2.75, 3.05) is 6.54 Å². The van der Waals surface area contributed by atoms with Crippen molar-refractivity contribution in [3.63, 3.8) is 0 Å². The molecular weight excluding hydrogens is 366 g/mol. The number of Topliss-reactive ketones (excluding diaryl/α,β-unsaturated/α-hetero) is 1. The van der Waals surface area contributed by atoms with Crippen LogP contribution in [0.25, 0.3) is 0 Å². The van der Waals surface area contributed by atoms with E-state index >= 15 is 0 Å². The Morgan fingerprint density at radius 1 is 1.10 bits per heavy atom. The number of unbranched alkanes of at least 4 members (excludes halogenated alkanes) is 1. The van der Waals surface area contributed by atoms with Gasteiger partial charge >= 0.3 is 5.97 Å². The van der Waals surface area contributed by atoms with E-state index in [0.717, 1.165) is 37.8 Å². The monoisotopic (exact) mass is 397 g/mol. The van der Waals surface area contributed by atoms with Crippen molar-refractivity contribution in [1.82, 2.24) is 0 Å². The van der Waals surface area contributed by atoms with Gasteiger partial charge in [-0.05, 0) is 43.6 Å². The third kappa shape index (κ3) is 6.64. The fourth-order valence-corrected chi connectivity index (χ4v) is 4.45. The molecule has 2 fully saturated rings. The Balaban J connectivity index is 1.41. The Bertz CT molecular complexity index is 728. The summed E-state index contributed by atoms with van der Waals surface area (Å²) in [7, 11) is 0. The van der Waals surface area contributed by atoms with Gasteiger partial charge in [0.15, 0.2) is 0 Å². The summed E-state index contributed by atoms with van der Waals surface area (Å²) < 4.78 is 6.11. The fourth-order valence-electron chi connectivity index (χ4n) is 4.45. The molecule has 0 saturated carbocycles. The lowest BCUT2D eigenvalue weighted by molar-refractivity contribution is -0.137. The maximum absolute atomic E-state index is 12.1. The minimum atomic E-state index is -0.736. The summed E-state index contributed by atoms with van der Waals surface area (Å²) in [6.45, 7) is 0.720. The zero-order valence-electron chi connectivity index (χ0n) is 16.9. The lowest BCUT2D eigenvalue weighted by Crippen LogP contribution is -2.29. The van der Waals surface area contributed by atoms with E-state index in [2.05, 4.69) is 17.1 Å². The van der Waals surface area contributed by atoms with Crippen LogP contribution in [0.1, 0.15) is 50.5 Å². The highest BCUT2D eigenvalue weighted by Crippen LogP contribution is 2.45. The third-order valence-corrected chi connectivity index (χ3v) is 5.94. The summed E-state index contributed by atoms with van der Waals surface area (Å²) in [5.74, 6) is 0.338. The van der Waals surface area contributed by atoms with Crippen molar-refractivity contribution in [3.05, 3.63) is 48.0 Å². The van der Waals surface area contributed by atoms with Crippen molar-refractivity contribution in [2.24, 2.45) is 16.8 Å². The highest BCUT2D eigenvalue weighted by atomic mass is 16.5. The number of hydrogen-bond acceptors (Lipinski definition) is 4. The summed E-state index contributed by atoms with van der Waals surface area (Å²) in [5, 5.41) is 8.68.